The highest BCUT2D eigenvalue weighted by Crippen LogP contribution is 2.63. The van der Waals surface area contributed by atoms with Crippen molar-refractivity contribution >= 4 is 5.78 Å². The third-order valence-corrected chi connectivity index (χ3v) is 6.35. The number of piperidine rings is 1. The van der Waals surface area contributed by atoms with Crippen LogP contribution in [-0.2, 0) is 16.6 Å². The largest absolute Gasteiger partial charge is 0.504 e. The number of ether oxygens (including phenoxy) is 1. The summed E-state index contributed by atoms with van der Waals surface area (Å²) in [6, 6.07) is 3.38. The number of nitrogens with zero attached hydrogens (tertiary/aromatic N) is 1. The Kier molecular flexibility index (Phi) is 2.55. The van der Waals surface area contributed by atoms with Gasteiger partial charge in [-0.15, -0.1) is 6.58 Å². The van der Waals surface area contributed by atoms with Crippen LogP contribution in [0.4, 0.5) is 0 Å². The number of hydrogen-bond donors (Lipinski definition) is 2. The number of aromatic hydroxyl groups is 1. The second kappa shape index (κ2) is 4.29. The molecule has 1 saturated heterocycles. The number of aliphatic hydroxyl groups is 1. The quantitative estimate of drug-likeness (QED) is 0.796. The van der Waals surface area contributed by atoms with Gasteiger partial charge in [-0.05, 0) is 36.6 Å². The smallest absolute Gasteiger partial charge is 0.196 e. The molecule has 124 valence electrons. The molecule has 0 unspecified atom stereocenters. The summed E-state index contributed by atoms with van der Waals surface area (Å²) >= 11 is 0. The highest BCUT2D eigenvalue weighted by atomic mass is 16.5. The number of rotatable bonds is 2. The van der Waals surface area contributed by atoms with Crippen molar-refractivity contribution in [1.29, 1.82) is 0 Å². The first-order chi connectivity index (χ1) is 11.5. The molecule has 2 aliphatic heterocycles. The molecule has 2 heterocycles. The van der Waals surface area contributed by atoms with E-state index in [-0.39, 0.29) is 17.6 Å². The van der Waals surface area contributed by atoms with Gasteiger partial charge in [-0.1, -0.05) is 12.1 Å². The Hall–Kier alpha value is -2.11. The Bertz CT molecular complexity index is 816. The molecular weight excluding hydrogens is 306 g/mol. The molecule has 2 N–H and O–H groups in total. The van der Waals surface area contributed by atoms with Gasteiger partial charge in [-0.2, -0.15) is 0 Å². The molecule has 0 amide bonds. The van der Waals surface area contributed by atoms with Gasteiger partial charge in [-0.3, -0.25) is 9.69 Å². The maximum absolute atomic E-state index is 12.5. The van der Waals surface area contributed by atoms with Gasteiger partial charge in [0, 0.05) is 24.7 Å². The van der Waals surface area contributed by atoms with E-state index >= 15 is 0 Å². The van der Waals surface area contributed by atoms with Gasteiger partial charge < -0.3 is 14.9 Å². The number of carbonyl (C=O) groups excluding carboxylic acids is 1. The van der Waals surface area contributed by atoms with E-state index in [4.69, 9.17) is 4.74 Å². The molecule has 1 fully saturated rings. The van der Waals surface area contributed by atoms with Gasteiger partial charge >= 0.3 is 0 Å². The minimum absolute atomic E-state index is 0.0413. The second-order valence-electron chi connectivity index (χ2n) is 7.23. The molecule has 0 aromatic heterocycles. The van der Waals surface area contributed by atoms with Crippen LogP contribution in [0, 0.1) is 0 Å². The van der Waals surface area contributed by atoms with Crippen molar-refractivity contribution in [1.82, 2.24) is 4.90 Å². The fraction of sp³-hybridized carbons (Fsp3) is 0.421. The summed E-state index contributed by atoms with van der Waals surface area (Å²) in [6.45, 7) is 5.28. The number of benzene rings is 1. The van der Waals surface area contributed by atoms with E-state index in [1.54, 1.807) is 12.1 Å². The van der Waals surface area contributed by atoms with Crippen LogP contribution in [0.3, 0.4) is 0 Å². The SMILES string of the molecule is C=CCN1CC[C@]23c4c5ccc(O)c4O[C@H]2C(=O)C=C[C@@]3(O)[C@H]1C5. The minimum atomic E-state index is -1.18. The number of carbonyl (C=O) groups is 1. The molecule has 1 spiro atoms. The molecular formula is C19H19NO4. The lowest BCUT2D eigenvalue weighted by molar-refractivity contribution is -0.153. The van der Waals surface area contributed by atoms with Crippen molar-refractivity contribution in [3.8, 4) is 11.5 Å². The second-order valence-corrected chi connectivity index (χ2v) is 7.23. The number of phenolic OH excluding ortho intramolecular Hbond substituents is 1. The predicted molar refractivity (Wildman–Crippen MR) is 87.2 cm³/mol. The van der Waals surface area contributed by atoms with Gasteiger partial charge in [0.15, 0.2) is 23.4 Å². The van der Waals surface area contributed by atoms with Crippen LogP contribution in [-0.4, -0.2) is 51.7 Å². The standard InChI is InChI=1S/C19H19NO4/c1-2-8-20-9-7-18-15-11-3-4-12(21)16(15)24-17(18)13(22)5-6-19(18,23)14(20)10-11/h2-6,14,17,21,23H,1,7-10H2/t14-,17+,18+,19-/m1/s1. The molecule has 1 aromatic carbocycles. The Labute approximate surface area is 139 Å². The van der Waals surface area contributed by atoms with E-state index in [2.05, 4.69) is 11.5 Å². The molecule has 5 heteroatoms. The van der Waals surface area contributed by atoms with Crippen molar-refractivity contribution in [2.45, 2.75) is 36.0 Å². The van der Waals surface area contributed by atoms with Crippen LogP contribution >= 0.6 is 0 Å². The van der Waals surface area contributed by atoms with Crippen LogP contribution in [0.25, 0.3) is 0 Å². The van der Waals surface area contributed by atoms with E-state index in [0.29, 0.717) is 25.1 Å². The Morgan fingerprint density at radius 3 is 3.08 bits per heavy atom. The number of likely N-dealkylation sites (tertiary alicyclic amines) is 1. The molecule has 4 aliphatic rings. The first-order valence-corrected chi connectivity index (χ1v) is 8.35. The van der Waals surface area contributed by atoms with E-state index < -0.39 is 17.1 Å². The summed E-state index contributed by atoms with van der Waals surface area (Å²) in [6.07, 6.45) is 5.46. The van der Waals surface area contributed by atoms with Crippen LogP contribution in [0.1, 0.15) is 17.5 Å². The van der Waals surface area contributed by atoms with E-state index in [9.17, 15) is 15.0 Å². The van der Waals surface area contributed by atoms with Gasteiger partial charge in [0.25, 0.3) is 0 Å². The van der Waals surface area contributed by atoms with Crippen molar-refractivity contribution in [3.05, 3.63) is 48.1 Å². The van der Waals surface area contributed by atoms with Gasteiger partial charge in [0.05, 0.1) is 5.41 Å². The van der Waals surface area contributed by atoms with Gasteiger partial charge in [0.1, 0.15) is 5.60 Å². The lowest BCUT2D eigenvalue weighted by Crippen LogP contribution is -2.75. The highest BCUT2D eigenvalue weighted by molar-refractivity contribution is 5.99. The van der Waals surface area contributed by atoms with Crippen molar-refractivity contribution in [2.75, 3.05) is 13.1 Å². The summed E-state index contributed by atoms with van der Waals surface area (Å²) < 4.78 is 5.93. The molecule has 4 atom stereocenters. The maximum Gasteiger partial charge on any atom is 0.196 e. The first kappa shape index (κ1) is 14.3. The lowest BCUT2D eigenvalue weighted by Gasteiger charge is -2.60. The summed E-state index contributed by atoms with van der Waals surface area (Å²) in [5.74, 6) is 0.280. The number of phenols is 1. The average molecular weight is 325 g/mol. The zero-order valence-corrected chi connectivity index (χ0v) is 13.2. The predicted octanol–water partition coefficient (Wildman–Crippen LogP) is 1.08. The van der Waals surface area contributed by atoms with Crippen molar-refractivity contribution < 1.29 is 19.7 Å². The molecule has 1 aromatic rings. The molecule has 2 bridgehead atoms. The van der Waals surface area contributed by atoms with Crippen molar-refractivity contribution in [3.63, 3.8) is 0 Å². The average Bonchev–Trinajstić information content (AvgIpc) is 2.91. The zero-order chi connectivity index (χ0) is 16.7. The van der Waals surface area contributed by atoms with E-state index in [1.807, 2.05) is 12.1 Å². The number of hydrogen-bond acceptors (Lipinski definition) is 5. The van der Waals surface area contributed by atoms with E-state index in [1.165, 1.54) is 6.08 Å². The fourth-order valence-electron chi connectivity index (χ4n) is 5.39. The summed E-state index contributed by atoms with van der Waals surface area (Å²) in [5.41, 5.74) is -0.0964. The molecule has 2 aliphatic carbocycles. The zero-order valence-electron chi connectivity index (χ0n) is 13.2. The van der Waals surface area contributed by atoms with Gasteiger partial charge in [-0.25, -0.2) is 0 Å². The maximum atomic E-state index is 12.5. The molecule has 24 heavy (non-hydrogen) atoms. The molecule has 0 radical (unpaired) electrons. The van der Waals surface area contributed by atoms with Crippen LogP contribution in [0.15, 0.2) is 36.9 Å². The summed E-state index contributed by atoms with van der Waals surface area (Å²) in [7, 11) is 0. The van der Waals surface area contributed by atoms with E-state index in [0.717, 1.165) is 17.7 Å². The third kappa shape index (κ3) is 1.34. The van der Waals surface area contributed by atoms with Crippen LogP contribution in [0.5, 0.6) is 11.5 Å². The molecule has 5 nitrogen and oxygen atoms in total. The Morgan fingerprint density at radius 1 is 1.46 bits per heavy atom. The topological polar surface area (TPSA) is 70.0 Å². The third-order valence-electron chi connectivity index (χ3n) is 6.35. The summed E-state index contributed by atoms with van der Waals surface area (Å²) in [5, 5.41) is 22.0. The first-order valence-electron chi connectivity index (χ1n) is 8.35. The van der Waals surface area contributed by atoms with Gasteiger partial charge in [0.2, 0.25) is 0 Å². The fourth-order valence-corrected chi connectivity index (χ4v) is 5.39. The minimum Gasteiger partial charge on any atom is -0.504 e. The normalized spacial score (nSPS) is 38.6. The van der Waals surface area contributed by atoms with Crippen LogP contribution < -0.4 is 4.74 Å². The summed E-state index contributed by atoms with van der Waals surface area (Å²) in [4.78, 5) is 14.8. The molecule has 0 saturated carbocycles. The van der Waals surface area contributed by atoms with Crippen LogP contribution in [0.2, 0.25) is 0 Å². The highest BCUT2D eigenvalue weighted by Gasteiger charge is 2.71. The molecule has 5 rings (SSSR count). The Balaban J connectivity index is 1.83. The lowest BCUT2D eigenvalue weighted by atomic mass is 9.51. The van der Waals surface area contributed by atoms with Crippen molar-refractivity contribution in [2.24, 2.45) is 0 Å². The number of ketones is 1. The monoisotopic (exact) mass is 325 g/mol. The Morgan fingerprint density at radius 2 is 2.29 bits per heavy atom.